The summed E-state index contributed by atoms with van der Waals surface area (Å²) in [6.45, 7) is 11.9. The highest BCUT2D eigenvalue weighted by molar-refractivity contribution is 5.97. The summed E-state index contributed by atoms with van der Waals surface area (Å²) in [6, 6.07) is 16.7. The van der Waals surface area contributed by atoms with Crippen LogP contribution in [0.25, 0.3) is 0 Å². The average molecular weight is 422 g/mol. The lowest BCUT2D eigenvalue weighted by Gasteiger charge is -2.47. The van der Waals surface area contributed by atoms with Crippen molar-refractivity contribution < 1.29 is 9.53 Å². The van der Waals surface area contributed by atoms with Crippen molar-refractivity contribution in [3.8, 4) is 5.75 Å². The molecule has 1 atom stereocenters. The molecular weight excluding hydrogens is 386 g/mol. The van der Waals surface area contributed by atoms with Gasteiger partial charge in [0.05, 0.1) is 13.7 Å². The molecule has 2 aromatic rings. The van der Waals surface area contributed by atoms with E-state index >= 15 is 0 Å². The first-order chi connectivity index (χ1) is 14.9. The fourth-order valence-corrected chi connectivity index (χ4v) is 5.22. The summed E-state index contributed by atoms with van der Waals surface area (Å²) in [5.74, 6) is 1.44. The van der Waals surface area contributed by atoms with E-state index in [1.54, 1.807) is 7.11 Å². The Balaban J connectivity index is 1.42. The van der Waals surface area contributed by atoms with Gasteiger partial charge in [-0.2, -0.15) is 0 Å². The van der Waals surface area contributed by atoms with E-state index in [1.807, 2.05) is 11.0 Å². The number of benzene rings is 2. The Kier molecular flexibility index (Phi) is 6.35. The van der Waals surface area contributed by atoms with E-state index in [2.05, 4.69) is 73.0 Å². The van der Waals surface area contributed by atoms with Gasteiger partial charge in [-0.05, 0) is 55.5 Å². The minimum atomic E-state index is -0.201. The quantitative estimate of drug-likeness (QED) is 0.727. The van der Waals surface area contributed by atoms with Gasteiger partial charge < -0.3 is 9.64 Å². The molecule has 2 aliphatic heterocycles. The van der Waals surface area contributed by atoms with Crippen molar-refractivity contribution in [2.24, 2.45) is 0 Å². The number of carbonyl (C=O) groups is 1. The highest BCUT2D eigenvalue weighted by atomic mass is 16.5. The van der Waals surface area contributed by atoms with E-state index in [-0.39, 0.29) is 11.4 Å². The SMILES string of the molecule is COc1ccc2c(c1)[C@@H](C)CC(C)(C)N2C(=O)CN1CCN(Cc2ccccc2)CC1. The molecule has 4 rings (SSSR count). The van der Waals surface area contributed by atoms with E-state index in [4.69, 9.17) is 4.74 Å². The minimum Gasteiger partial charge on any atom is -0.497 e. The summed E-state index contributed by atoms with van der Waals surface area (Å²) < 4.78 is 5.43. The second-order valence-corrected chi connectivity index (χ2v) is 9.61. The van der Waals surface area contributed by atoms with Crippen molar-refractivity contribution in [3.05, 3.63) is 59.7 Å². The molecule has 1 amide bonds. The molecular formula is C26H35N3O2. The van der Waals surface area contributed by atoms with Crippen LogP contribution in [0.4, 0.5) is 5.69 Å². The van der Waals surface area contributed by atoms with Gasteiger partial charge in [-0.25, -0.2) is 0 Å². The topological polar surface area (TPSA) is 36.0 Å². The van der Waals surface area contributed by atoms with Gasteiger partial charge in [-0.1, -0.05) is 37.3 Å². The molecule has 0 aromatic heterocycles. The third kappa shape index (κ3) is 4.78. The molecule has 0 aliphatic carbocycles. The fourth-order valence-electron chi connectivity index (χ4n) is 5.22. The molecule has 5 heteroatoms. The molecule has 2 aromatic carbocycles. The third-order valence-corrected chi connectivity index (χ3v) is 6.74. The van der Waals surface area contributed by atoms with Gasteiger partial charge in [0, 0.05) is 44.0 Å². The number of carbonyl (C=O) groups excluding carboxylic acids is 1. The third-order valence-electron chi connectivity index (χ3n) is 6.74. The zero-order valence-electron chi connectivity index (χ0n) is 19.3. The standard InChI is InChI=1S/C26H35N3O2/c1-20-17-26(2,3)29(24-11-10-22(31-4)16-23(20)24)25(30)19-28-14-12-27(13-15-28)18-21-8-6-5-7-9-21/h5-11,16,20H,12-15,17-19H2,1-4H3/t20-/m0/s1. The van der Waals surface area contributed by atoms with Gasteiger partial charge in [-0.15, -0.1) is 0 Å². The van der Waals surface area contributed by atoms with Crippen molar-refractivity contribution in [2.45, 2.75) is 45.2 Å². The lowest BCUT2D eigenvalue weighted by Crippen LogP contribution is -2.56. The van der Waals surface area contributed by atoms with Crippen molar-refractivity contribution in [3.63, 3.8) is 0 Å². The fraction of sp³-hybridized carbons (Fsp3) is 0.500. The monoisotopic (exact) mass is 421 g/mol. The molecule has 0 unspecified atom stereocenters. The number of methoxy groups -OCH3 is 1. The highest BCUT2D eigenvalue weighted by Crippen LogP contribution is 2.44. The molecule has 0 N–H and O–H groups in total. The maximum absolute atomic E-state index is 13.5. The first-order valence-corrected chi connectivity index (χ1v) is 11.4. The largest absolute Gasteiger partial charge is 0.497 e. The first-order valence-electron chi connectivity index (χ1n) is 11.4. The van der Waals surface area contributed by atoms with E-state index in [1.165, 1.54) is 11.1 Å². The Morgan fingerprint density at radius 2 is 1.71 bits per heavy atom. The number of amides is 1. The van der Waals surface area contributed by atoms with Gasteiger partial charge in [0.15, 0.2) is 0 Å². The molecule has 0 spiro atoms. The number of hydrogen-bond acceptors (Lipinski definition) is 4. The Morgan fingerprint density at radius 3 is 2.39 bits per heavy atom. The molecule has 0 saturated carbocycles. The summed E-state index contributed by atoms with van der Waals surface area (Å²) in [5, 5.41) is 0. The Bertz CT molecular complexity index is 904. The van der Waals surface area contributed by atoms with Crippen LogP contribution in [-0.2, 0) is 11.3 Å². The first kappa shape index (κ1) is 21.8. The molecule has 31 heavy (non-hydrogen) atoms. The van der Waals surface area contributed by atoms with E-state index < -0.39 is 0 Å². The molecule has 166 valence electrons. The zero-order chi connectivity index (χ0) is 22.0. The smallest absolute Gasteiger partial charge is 0.241 e. The lowest BCUT2D eigenvalue weighted by molar-refractivity contribution is -0.121. The summed E-state index contributed by atoms with van der Waals surface area (Å²) in [4.78, 5) is 20.3. The Labute approximate surface area is 186 Å². The molecule has 2 aliphatic rings. The zero-order valence-corrected chi connectivity index (χ0v) is 19.3. The van der Waals surface area contributed by atoms with Crippen LogP contribution in [-0.4, -0.2) is 61.1 Å². The Morgan fingerprint density at radius 1 is 1.03 bits per heavy atom. The number of ether oxygens (including phenoxy) is 1. The predicted octanol–water partition coefficient (Wildman–Crippen LogP) is 4.13. The number of fused-ring (bicyclic) bond motifs is 1. The van der Waals surface area contributed by atoms with E-state index in [0.29, 0.717) is 12.5 Å². The van der Waals surface area contributed by atoms with Gasteiger partial charge in [0.1, 0.15) is 5.75 Å². The van der Waals surface area contributed by atoms with Gasteiger partial charge in [0.2, 0.25) is 5.91 Å². The molecule has 0 radical (unpaired) electrons. The molecule has 1 fully saturated rings. The average Bonchev–Trinajstić information content (AvgIpc) is 2.75. The molecule has 5 nitrogen and oxygen atoms in total. The normalized spacial score (nSPS) is 21.5. The van der Waals surface area contributed by atoms with Crippen molar-refractivity contribution in [2.75, 3.05) is 44.7 Å². The highest BCUT2D eigenvalue weighted by Gasteiger charge is 2.40. The van der Waals surface area contributed by atoms with Gasteiger partial charge in [-0.3, -0.25) is 14.6 Å². The molecule has 0 bridgehead atoms. The van der Waals surface area contributed by atoms with Crippen molar-refractivity contribution >= 4 is 11.6 Å². The van der Waals surface area contributed by atoms with Crippen LogP contribution in [0.5, 0.6) is 5.75 Å². The lowest BCUT2D eigenvalue weighted by atomic mass is 9.80. The predicted molar refractivity (Wildman–Crippen MR) is 126 cm³/mol. The molecule has 2 heterocycles. The summed E-state index contributed by atoms with van der Waals surface area (Å²) in [6.07, 6.45) is 0.948. The van der Waals surface area contributed by atoms with Gasteiger partial charge in [0.25, 0.3) is 0 Å². The van der Waals surface area contributed by atoms with Gasteiger partial charge >= 0.3 is 0 Å². The van der Waals surface area contributed by atoms with Crippen LogP contribution in [0.15, 0.2) is 48.5 Å². The van der Waals surface area contributed by atoms with Crippen LogP contribution >= 0.6 is 0 Å². The van der Waals surface area contributed by atoms with Crippen LogP contribution < -0.4 is 9.64 Å². The van der Waals surface area contributed by atoms with E-state index in [9.17, 15) is 4.79 Å². The number of nitrogens with zero attached hydrogens (tertiary/aromatic N) is 3. The Hall–Kier alpha value is -2.37. The van der Waals surface area contributed by atoms with E-state index in [0.717, 1.165) is 50.6 Å². The second-order valence-electron chi connectivity index (χ2n) is 9.61. The summed E-state index contributed by atoms with van der Waals surface area (Å²) in [7, 11) is 1.69. The number of piperazine rings is 1. The van der Waals surface area contributed by atoms with Crippen molar-refractivity contribution in [1.82, 2.24) is 9.80 Å². The summed E-state index contributed by atoms with van der Waals surface area (Å²) >= 11 is 0. The second kappa shape index (κ2) is 9.01. The maximum atomic E-state index is 13.5. The van der Waals surface area contributed by atoms with Crippen LogP contribution in [0, 0.1) is 0 Å². The number of rotatable bonds is 5. The minimum absolute atomic E-state index is 0.194. The number of hydrogen-bond donors (Lipinski definition) is 0. The van der Waals surface area contributed by atoms with Crippen molar-refractivity contribution in [1.29, 1.82) is 0 Å². The summed E-state index contributed by atoms with van der Waals surface area (Å²) in [5.41, 5.74) is 3.40. The molecule has 1 saturated heterocycles. The maximum Gasteiger partial charge on any atom is 0.241 e. The van der Waals surface area contributed by atoms with Crippen LogP contribution in [0.2, 0.25) is 0 Å². The van der Waals surface area contributed by atoms with Crippen LogP contribution in [0.1, 0.15) is 44.2 Å². The van der Waals surface area contributed by atoms with Crippen LogP contribution in [0.3, 0.4) is 0 Å². The number of anilines is 1.